The number of carbonyl (C=O) groups is 2. The number of fused-ring (bicyclic) bond motifs is 2. The van der Waals surface area contributed by atoms with Crippen LogP contribution in [0.5, 0.6) is 0 Å². The van der Waals surface area contributed by atoms with Gasteiger partial charge < -0.3 is 11.1 Å². The van der Waals surface area contributed by atoms with E-state index in [0.29, 0.717) is 16.6 Å². The lowest BCUT2D eigenvalue weighted by Gasteiger charge is -2.07. The molecule has 0 saturated carbocycles. The van der Waals surface area contributed by atoms with Gasteiger partial charge in [-0.3, -0.25) is 9.59 Å². The number of hydrogen-bond donors (Lipinski definition) is 2. The molecule has 11 heteroatoms. The van der Waals surface area contributed by atoms with E-state index in [-0.39, 0.29) is 21.1 Å². The second kappa shape index (κ2) is 6.60. The zero-order valence-electron chi connectivity index (χ0n) is 14.3. The molecular formula is C17H12F2N6O2S. The minimum atomic E-state index is -2.76. The molecule has 0 aliphatic rings. The molecule has 0 atom stereocenters. The number of aromatic nitrogens is 4. The number of amides is 2. The van der Waals surface area contributed by atoms with Gasteiger partial charge in [-0.2, -0.15) is 5.10 Å². The summed E-state index contributed by atoms with van der Waals surface area (Å²) in [6.45, 7) is 1.60. The number of thiophene rings is 1. The molecule has 0 fully saturated rings. The zero-order valence-corrected chi connectivity index (χ0v) is 15.1. The summed E-state index contributed by atoms with van der Waals surface area (Å²) in [4.78, 5) is 32.7. The molecule has 2 amide bonds. The van der Waals surface area contributed by atoms with Gasteiger partial charge in [-0.15, -0.1) is 11.3 Å². The fourth-order valence-electron chi connectivity index (χ4n) is 2.83. The second-order valence-electron chi connectivity index (χ2n) is 5.92. The monoisotopic (exact) mass is 402 g/mol. The van der Waals surface area contributed by atoms with Gasteiger partial charge in [-0.25, -0.2) is 23.3 Å². The SMILES string of the molecule is Cc1cc(C(F)F)nc2sc(C(N)=O)c(NC(=O)c3cc4ncccn4n3)c12. The molecule has 28 heavy (non-hydrogen) atoms. The maximum absolute atomic E-state index is 13.0. The number of hydrogen-bond acceptors (Lipinski definition) is 6. The highest BCUT2D eigenvalue weighted by Gasteiger charge is 2.24. The minimum Gasteiger partial charge on any atom is -0.365 e. The summed E-state index contributed by atoms with van der Waals surface area (Å²) >= 11 is 0.848. The van der Waals surface area contributed by atoms with E-state index in [4.69, 9.17) is 5.73 Å². The van der Waals surface area contributed by atoms with E-state index in [1.807, 2.05) is 0 Å². The normalized spacial score (nSPS) is 11.4. The number of rotatable bonds is 4. The Morgan fingerprint density at radius 3 is 2.79 bits per heavy atom. The van der Waals surface area contributed by atoms with Gasteiger partial charge in [-0.05, 0) is 24.6 Å². The number of primary amides is 1. The topological polar surface area (TPSA) is 115 Å². The van der Waals surface area contributed by atoms with E-state index in [2.05, 4.69) is 20.4 Å². The maximum Gasteiger partial charge on any atom is 0.280 e. The van der Waals surface area contributed by atoms with Crippen LogP contribution in [0.15, 0.2) is 30.6 Å². The highest BCUT2D eigenvalue weighted by Crippen LogP contribution is 2.38. The summed E-state index contributed by atoms with van der Waals surface area (Å²) in [7, 11) is 0. The van der Waals surface area contributed by atoms with E-state index < -0.39 is 23.9 Å². The Morgan fingerprint density at radius 1 is 1.32 bits per heavy atom. The van der Waals surface area contributed by atoms with Gasteiger partial charge in [0, 0.05) is 23.8 Å². The summed E-state index contributed by atoms with van der Waals surface area (Å²) < 4.78 is 27.5. The predicted octanol–water partition coefficient (Wildman–Crippen LogP) is 2.94. The van der Waals surface area contributed by atoms with Crippen LogP contribution >= 0.6 is 11.3 Å². The molecule has 142 valence electrons. The largest absolute Gasteiger partial charge is 0.365 e. The van der Waals surface area contributed by atoms with Gasteiger partial charge in [0.1, 0.15) is 15.4 Å². The van der Waals surface area contributed by atoms with Gasteiger partial charge in [0.25, 0.3) is 18.2 Å². The lowest BCUT2D eigenvalue weighted by molar-refractivity contribution is 0.100. The number of anilines is 1. The molecule has 0 aromatic carbocycles. The molecule has 0 radical (unpaired) electrons. The molecule has 3 N–H and O–H groups in total. The quantitative estimate of drug-likeness (QED) is 0.545. The Kier molecular flexibility index (Phi) is 4.23. The van der Waals surface area contributed by atoms with Crippen LogP contribution in [0.3, 0.4) is 0 Å². The third kappa shape index (κ3) is 2.95. The van der Waals surface area contributed by atoms with E-state index in [1.54, 1.807) is 25.4 Å². The zero-order chi connectivity index (χ0) is 20.0. The van der Waals surface area contributed by atoms with Crippen LogP contribution in [0.2, 0.25) is 0 Å². The van der Waals surface area contributed by atoms with Crippen molar-refractivity contribution in [2.45, 2.75) is 13.3 Å². The lowest BCUT2D eigenvalue weighted by atomic mass is 10.1. The molecule has 8 nitrogen and oxygen atoms in total. The molecule has 0 saturated heterocycles. The Balaban J connectivity index is 1.81. The number of nitrogens with two attached hydrogens (primary N) is 1. The van der Waals surface area contributed by atoms with Gasteiger partial charge in [0.15, 0.2) is 11.3 Å². The third-order valence-corrected chi connectivity index (χ3v) is 5.13. The molecule has 4 aromatic rings. The molecule has 0 bridgehead atoms. The lowest BCUT2D eigenvalue weighted by Crippen LogP contribution is -2.17. The fourth-order valence-corrected chi connectivity index (χ4v) is 3.90. The van der Waals surface area contributed by atoms with Crippen molar-refractivity contribution in [3.05, 3.63) is 52.4 Å². The van der Waals surface area contributed by atoms with Gasteiger partial charge >= 0.3 is 0 Å². The first-order valence-electron chi connectivity index (χ1n) is 7.99. The van der Waals surface area contributed by atoms with Crippen LogP contribution < -0.4 is 11.1 Å². The molecule has 4 rings (SSSR count). The molecule has 4 aromatic heterocycles. The molecule has 0 aliphatic carbocycles. The Hall–Kier alpha value is -3.47. The maximum atomic E-state index is 13.0. The van der Waals surface area contributed by atoms with Crippen molar-refractivity contribution < 1.29 is 18.4 Å². The van der Waals surface area contributed by atoms with E-state index in [0.717, 1.165) is 11.3 Å². The number of nitrogens with zero attached hydrogens (tertiary/aromatic N) is 4. The van der Waals surface area contributed by atoms with E-state index >= 15 is 0 Å². The fraction of sp³-hybridized carbons (Fsp3) is 0.118. The number of halogens is 2. The number of aryl methyl sites for hydroxylation is 1. The van der Waals surface area contributed by atoms with Crippen molar-refractivity contribution in [2.24, 2.45) is 5.73 Å². The Morgan fingerprint density at radius 2 is 2.11 bits per heavy atom. The number of nitrogens with one attached hydrogen (secondary N) is 1. The third-order valence-electron chi connectivity index (χ3n) is 4.03. The van der Waals surface area contributed by atoms with E-state index in [9.17, 15) is 18.4 Å². The van der Waals surface area contributed by atoms with Gasteiger partial charge in [0.05, 0.1) is 5.69 Å². The smallest absolute Gasteiger partial charge is 0.280 e. The van der Waals surface area contributed by atoms with Crippen LogP contribution in [0.1, 0.15) is 37.8 Å². The van der Waals surface area contributed by atoms with Crippen molar-refractivity contribution in [2.75, 3.05) is 5.32 Å². The van der Waals surface area contributed by atoms with Crippen LogP contribution in [-0.2, 0) is 0 Å². The Labute approximate surface area is 160 Å². The van der Waals surface area contributed by atoms with Crippen molar-refractivity contribution in [1.29, 1.82) is 0 Å². The summed E-state index contributed by atoms with van der Waals surface area (Å²) in [5, 5.41) is 7.13. The van der Waals surface area contributed by atoms with Crippen LogP contribution in [0, 0.1) is 6.92 Å². The summed E-state index contributed by atoms with van der Waals surface area (Å²) in [5.74, 6) is -1.39. The first kappa shape index (κ1) is 17.9. The van der Waals surface area contributed by atoms with Crippen molar-refractivity contribution >= 4 is 44.7 Å². The average molecular weight is 402 g/mol. The first-order chi connectivity index (χ1) is 13.3. The Bertz CT molecular complexity index is 1220. The molecule has 0 aliphatic heterocycles. The van der Waals surface area contributed by atoms with Crippen LogP contribution in [0.25, 0.3) is 15.9 Å². The summed E-state index contributed by atoms with van der Waals surface area (Å²) in [5.41, 5.74) is 6.12. The molecule has 4 heterocycles. The first-order valence-corrected chi connectivity index (χ1v) is 8.80. The molecular weight excluding hydrogens is 390 g/mol. The van der Waals surface area contributed by atoms with Crippen molar-refractivity contribution in [3.8, 4) is 0 Å². The van der Waals surface area contributed by atoms with Gasteiger partial charge in [0.2, 0.25) is 0 Å². The van der Waals surface area contributed by atoms with E-state index in [1.165, 1.54) is 16.6 Å². The highest BCUT2D eigenvalue weighted by atomic mass is 32.1. The highest BCUT2D eigenvalue weighted by molar-refractivity contribution is 7.21. The standard InChI is InChI=1S/C17H12F2N6O2S/c1-7-5-8(14(18)19)22-17-11(7)12(13(28-17)15(20)26)23-16(27)9-6-10-21-3-2-4-25(10)24-9/h2-6,14H,1H3,(H2,20,26)(H,23,27). The van der Waals surface area contributed by atoms with Crippen LogP contribution in [-0.4, -0.2) is 31.4 Å². The molecule has 0 spiro atoms. The number of carbonyl (C=O) groups excluding carboxylic acids is 2. The molecule has 0 unspecified atom stereocenters. The number of alkyl halides is 2. The summed E-state index contributed by atoms with van der Waals surface area (Å²) in [6, 6.07) is 4.36. The summed E-state index contributed by atoms with van der Waals surface area (Å²) in [6.07, 6.45) is 0.436. The van der Waals surface area contributed by atoms with Crippen LogP contribution in [0.4, 0.5) is 14.5 Å². The van der Waals surface area contributed by atoms with Gasteiger partial charge in [-0.1, -0.05) is 0 Å². The second-order valence-corrected chi connectivity index (χ2v) is 6.92. The number of pyridine rings is 1. The predicted molar refractivity (Wildman–Crippen MR) is 98.8 cm³/mol. The minimum absolute atomic E-state index is 0.0206. The van der Waals surface area contributed by atoms with Crippen molar-refractivity contribution in [1.82, 2.24) is 19.6 Å². The average Bonchev–Trinajstić information content (AvgIpc) is 3.23. The van der Waals surface area contributed by atoms with Crippen molar-refractivity contribution in [3.63, 3.8) is 0 Å².